The Morgan fingerprint density at radius 3 is 1.96 bits per heavy atom. The molecule has 4 N–H and O–H groups in total. The van der Waals surface area contributed by atoms with E-state index in [-0.39, 0.29) is 17.9 Å². The fraction of sp³-hybridized carbons (Fsp3) is 0.833. The average Bonchev–Trinajstić information content (AvgIpc) is 2.51. The number of carboxylic acid groups (broad SMARTS) is 1. The summed E-state index contributed by atoms with van der Waals surface area (Å²) in [7, 11) is 0. The lowest BCUT2D eigenvalue weighted by molar-refractivity contribution is -0.137. The van der Waals surface area contributed by atoms with Gasteiger partial charge in [0.25, 0.3) is 0 Å². The van der Waals surface area contributed by atoms with Gasteiger partial charge in [-0.2, -0.15) is 0 Å². The highest BCUT2D eigenvalue weighted by molar-refractivity contribution is 5.66. The molecule has 1 atom stereocenters. The van der Waals surface area contributed by atoms with Crippen molar-refractivity contribution in [2.45, 2.75) is 96.5 Å². The molecule has 0 aliphatic carbocycles. The van der Waals surface area contributed by atoms with E-state index in [1.54, 1.807) is 0 Å². The largest absolute Gasteiger partial charge is 0.509 e. The fourth-order valence-corrected chi connectivity index (χ4v) is 2.47. The van der Waals surface area contributed by atoms with Gasteiger partial charge in [0.1, 0.15) is 11.5 Å². The molecule has 0 spiro atoms. The van der Waals surface area contributed by atoms with Crippen LogP contribution in [0.4, 0.5) is 0 Å². The molecule has 136 valence electrons. The Morgan fingerprint density at radius 2 is 1.30 bits per heavy atom. The van der Waals surface area contributed by atoms with E-state index in [0.29, 0.717) is 32.1 Å². The van der Waals surface area contributed by atoms with Crippen LogP contribution >= 0.6 is 0 Å². The van der Waals surface area contributed by atoms with E-state index in [1.165, 1.54) is 0 Å². The number of allylic oxidation sites excluding steroid dienone is 2. The first-order chi connectivity index (χ1) is 11.0. The quantitative estimate of drug-likeness (QED) is 0.254. The van der Waals surface area contributed by atoms with Crippen LogP contribution in [0, 0.1) is 0 Å². The van der Waals surface area contributed by atoms with Crippen LogP contribution in [0.2, 0.25) is 0 Å². The monoisotopic (exact) mass is 330 g/mol. The molecule has 0 saturated heterocycles. The summed E-state index contributed by atoms with van der Waals surface area (Å²) >= 11 is 0. The van der Waals surface area contributed by atoms with E-state index < -0.39 is 12.1 Å². The molecule has 5 nitrogen and oxygen atoms in total. The second-order valence-corrected chi connectivity index (χ2v) is 6.24. The Labute approximate surface area is 140 Å². The zero-order valence-electron chi connectivity index (χ0n) is 14.5. The van der Waals surface area contributed by atoms with Crippen LogP contribution in [0.15, 0.2) is 11.5 Å². The fourth-order valence-electron chi connectivity index (χ4n) is 2.47. The molecule has 0 bridgehead atoms. The van der Waals surface area contributed by atoms with Crippen molar-refractivity contribution >= 4 is 5.97 Å². The van der Waals surface area contributed by atoms with Crippen LogP contribution in [-0.2, 0) is 4.79 Å². The Kier molecular flexibility index (Phi) is 13.6. The van der Waals surface area contributed by atoms with Gasteiger partial charge in [0.15, 0.2) is 0 Å². The number of hydrogen-bond acceptors (Lipinski definition) is 4. The minimum absolute atomic E-state index is 0.00817. The normalized spacial score (nSPS) is 13.7. The molecule has 0 aromatic heterocycles. The van der Waals surface area contributed by atoms with Gasteiger partial charge in [-0.05, 0) is 25.7 Å². The van der Waals surface area contributed by atoms with Crippen LogP contribution in [-0.4, -0.2) is 32.5 Å². The highest BCUT2D eigenvalue weighted by Gasteiger charge is 2.09. The van der Waals surface area contributed by atoms with E-state index in [1.807, 2.05) is 0 Å². The molecular formula is C18H34O5. The van der Waals surface area contributed by atoms with E-state index in [9.17, 15) is 20.1 Å². The summed E-state index contributed by atoms with van der Waals surface area (Å²) < 4.78 is 0. The van der Waals surface area contributed by atoms with E-state index >= 15 is 0 Å². The van der Waals surface area contributed by atoms with Crippen LogP contribution in [0.1, 0.15) is 90.4 Å². The molecule has 23 heavy (non-hydrogen) atoms. The summed E-state index contributed by atoms with van der Waals surface area (Å²) in [5, 5.41) is 37.8. The van der Waals surface area contributed by atoms with Gasteiger partial charge < -0.3 is 20.4 Å². The molecule has 0 fully saturated rings. The van der Waals surface area contributed by atoms with Gasteiger partial charge in [-0.25, -0.2) is 0 Å². The molecule has 0 aromatic carbocycles. The molecule has 5 heteroatoms. The maximum Gasteiger partial charge on any atom is 0.303 e. The smallest absolute Gasteiger partial charge is 0.303 e. The Balaban J connectivity index is 3.63. The van der Waals surface area contributed by atoms with Crippen molar-refractivity contribution in [2.24, 2.45) is 0 Å². The van der Waals surface area contributed by atoms with E-state index in [4.69, 9.17) is 5.11 Å². The van der Waals surface area contributed by atoms with Crippen LogP contribution < -0.4 is 0 Å². The molecule has 0 aliphatic heterocycles. The first-order valence-corrected chi connectivity index (χ1v) is 8.97. The van der Waals surface area contributed by atoms with Crippen molar-refractivity contribution in [1.29, 1.82) is 0 Å². The first-order valence-electron chi connectivity index (χ1n) is 8.97. The minimum atomic E-state index is -0.744. The van der Waals surface area contributed by atoms with E-state index in [0.717, 1.165) is 44.9 Å². The second kappa shape index (κ2) is 14.4. The van der Waals surface area contributed by atoms with Gasteiger partial charge in [0.05, 0.1) is 6.10 Å². The van der Waals surface area contributed by atoms with Crippen molar-refractivity contribution in [1.82, 2.24) is 0 Å². The Hall–Kier alpha value is -1.23. The van der Waals surface area contributed by atoms with Crippen molar-refractivity contribution in [2.75, 3.05) is 0 Å². The lowest BCUT2D eigenvalue weighted by Gasteiger charge is -2.11. The van der Waals surface area contributed by atoms with Crippen molar-refractivity contribution in [3.05, 3.63) is 11.5 Å². The molecular weight excluding hydrogens is 296 g/mol. The van der Waals surface area contributed by atoms with Crippen LogP contribution in [0.5, 0.6) is 0 Å². The molecule has 0 saturated carbocycles. The third-order valence-electron chi connectivity index (χ3n) is 3.99. The zero-order chi connectivity index (χ0) is 17.5. The standard InChI is InChI=1S/C18H34O5/c1-2-3-7-11-16(20)17(21)14-13-15(19)10-8-5-4-6-9-12-18(22)23/h15,19-21H,2-14H2,1H3,(H,22,23). The van der Waals surface area contributed by atoms with Gasteiger partial charge in [-0.1, -0.05) is 45.4 Å². The number of aliphatic hydroxyl groups excluding tert-OH is 3. The Bertz CT molecular complexity index is 338. The van der Waals surface area contributed by atoms with Gasteiger partial charge >= 0.3 is 5.97 Å². The number of aliphatic carboxylic acids is 1. The summed E-state index contributed by atoms with van der Waals surface area (Å²) in [5.41, 5.74) is 0. The van der Waals surface area contributed by atoms with Crippen molar-refractivity contribution in [3.63, 3.8) is 0 Å². The molecule has 0 radical (unpaired) electrons. The van der Waals surface area contributed by atoms with Gasteiger partial charge in [0.2, 0.25) is 0 Å². The summed E-state index contributed by atoms with van der Waals surface area (Å²) in [6.45, 7) is 2.09. The van der Waals surface area contributed by atoms with Gasteiger partial charge in [0, 0.05) is 19.3 Å². The van der Waals surface area contributed by atoms with E-state index in [2.05, 4.69) is 6.92 Å². The summed E-state index contributed by atoms with van der Waals surface area (Å²) in [4.78, 5) is 10.4. The number of rotatable bonds is 15. The molecule has 0 amide bonds. The first kappa shape index (κ1) is 21.8. The maximum atomic E-state index is 10.4. The summed E-state index contributed by atoms with van der Waals surface area (Å²) in [6, 6.07) is 0. The topological polar surface area (TPSA) is 98.0 Å². The number of carboxylic acids is 1. The number of unbranched alkanes of at least 4 members (excludes halogenated alkanes) is 6. The number of carbonyl (C=O) groups is 1. The predicted octanol–water partition coefficient (Wildman–Crippen LogP) is 4.85. The van der Waals surface area contributed by atoms with Crippen molar-refractivity contribution in [3.8, 4) is 0 Å². The van der Waals surface area contributed by atoms with Crippen LogP contribution in [0.25, 0.3) is 0 Å². The molecule has 0 heterocycles. The van der Waals surface area contributed by atoms with Crippen molar-refractivity contribution < 1.29 is 25.2 Å². The third kappa shape index (κ3) is 14.1. The Morgan fingerprint density at radius 1 is 0.739 bits per heavy atom. The summed E-state index contributed by atoms with van der Waals surface area (Å²) in [6.07, 6.45) is 9.23. The van der Waals surface area contributed by atoms with Crippen LogP contribution in [0.3, 0.4) is 0 Å². The average molecular weight is 330 g/mol. The zero-order valence-corrected chi connectivity index (χ0v) is 14.5. The maximum absolute atomic E-state index is 10.4. The predicted molar refractivity (Wildman–Crippen MR) is 91.6 cm³/mol. The third-order valence-corrected chi connectivity index (χ3v) is 3.99. The number of aliphatic hydroxyl groups is 3. The SMILES string of the molecule is CCCCCC(O)=C(O)CCC(O)CCCCCCCC(=O)O. The lowest BCUT2D eigenvalue weighted by Crippen LogP contribution is -2.07. The highest BCUT2D eigenvalue weighted by atomic mass is 16.4. The second-order valence-electron chi connectivity index (χ2n) is 6.24. The number of hydrogen-bond donors (Lipinski definition) is 4. The highest BCUT2D eigenvalue weighted by Crippen LogP contribution is 2.16. The lowest BCUT2D eigenvalue weighted by atomic mass is 10.0. The van der Waals surface area contributed by atoms with Gasteiger partial charge in [-0.15, -0.1) is 0 Å². The minimum Gasteiger partial charge on any atom is -0.509 e. The molecule has 0 rings (SSSR count). The molecule has 0 aliphatic rings. The van der Waals surface area contributed by atoms with Gasteiger partial charge in [-0.3, -0.25) is 4.79 Å². The summed E-state index contributed by atoms with van der Waals surface area (Å²) in [5.74, 6) is -0.677. The molecule has 0 aromatic rings. The molecule has 1 unspecified atom stereocenters.